The van der Waals surface area contributed by atoms with Gasteiger partial charge in [0.2, 0.25) is 11.8 Å². The summed E-state index contributed by atoms with van der Waals surface area (Å²) >= 11 is 0. The third-order valence-electron chi connectivity index (χ3n) is 7.03. The van der Waals surface area contributed by atoms with Gasteiger partial charge >= 0.3 is 0 Å². The first-order valence-electron chi connectivity index (χ1n) is 13.5. The molecule has 0 saturated heterocycles. The number of benzene rings is 1. The minimum atomic E-state index is -1.16. The number of carbonyl (C=O) groups is 3. The molecule has 3 N–H and O–H groups in total. The minimum Gasteiger partial charge on any atom is -0.493 e. The van der Waals surface area contributed by atoms with E-state index in [-0.39, 0.29) is 25.5 Å². The van der Waals surface area contributed by atoms with E-state index >= 15 is 0 Å². The van der Waals surface area contributed by atoms with E-state index in [0.717, 1.165) is 12.8 Å². The molecule has 1 aliphatic heterocycles. The number of allylic oxidation sites excluding steroid dienone is 1. The third-order valence-corrected chi connectivity index (χ3v) is 7.03. The highest BCUT2D eigenvalue weighted by molar-refractivity contribution is 5.96. The molecule has 0 unspecified atom stereocenters. The number of amides is 2. The van der Waals surface area contributed by atoms with Crippen LogP contribution in [0.4, 0.5) is 0 Å². The van der Waals surface area contributed by atoms with Gasteiger partial charge in [-0.1, -0.05) is 6.08 Å². The lowest BCUT2D eigenvalue weighted by molar-refractivity contribution is -0.137. The lowest BCUT2D eigenvalue weighted by Gasteiger charge is -2.41. The number of ether oxygens (including phenoxy) is 3. The van der Waals surface area contributed by atoms with Crippen LogP contribution in [0.1, 0.15) is 60.9 Å². The molecular formula is C29H40N2O8. The molecule has 2 aliphatic rings. The predicted octanol–water partition coefficient (Wildman–Crippen LogP) is 2.13. The van der Waals surface area contributed by atoms with Gasteiger partial charge in [0.25, 0.3) is 0 Å². The van der Waals surface area contributed by atoms with Crippen molar-refractivity contribution in [1.29, 1.82) is 0 Å². The van der Waals surface area contributed by atoms with Crippen LogP contribution >= 0.6 is 0 Å². The Kier molecular flexibility index (Phi) is 11.5. The van der Waals surface area contributed by atoms with Gasteiger partial charge in [-0.15, -0.1) is 6.58 Å². The van der Waals surface area contributed by atoms with Crippen molar-refractivity contribution in [2.75, 3.05) is 40.0 Å². The third kappa shape index (κ3) is 7.06. The first-order chi connectivity index (χ1) is 18.9. The van der Waals surface area contributed by atoms with Crippen LogP contribution in [-0.4, -0.2) is 91.5 Å². The first kappa shape index (κ1) is 30.3. The monoisotopic (exact) mass is 544 g/mol. The summed E-state index contributed by atoms with van der Waals surface area (Å²) in [5.41, 5.74) is 1.18. The topological polar surface area (TPSA) is 135 Å². The Morgan fingerprint density at radius 3 is 2.72 bits per heavy atom. The van der Waals surface area contributed by atoms with Crippen molar-refractivity contribution in [3.8, 4) is 11.5 Å². The van der Waals surface area contributed by atoms with E-state index in [1.54, 1.807) is 17.0 Å². The van der Waals surface area contributed by atoms with Crippen molar-refractivity contribution in [2.45, 2.75) is 63.2 Å². The van der Waals surface area contributed by atoms with E-state index in [2.05, 4.69) is 11.9 Å². The molecule has 1 heterocycles. The zero-order chi connectivity index (χ0) is 28.4. The fourth-order valence-corrected chi connectivity index (χ4v) is 5.19. The molecule has 10 nitrogen and oxygen atoms in total. The summed E-state index contributed by atoms with van der Waals surface area (Å²) in [6.45, 7) is 6.74. The van der Waals surface area contributed by atoms with Crippen LogP contribution in [0.25, 0.3) is 0 Å². The van der Waals surface area contributed by atoms with Crippen molar-refractivity contribution in [3.63, 3.8) is 0 Å². The van der Waals surface area contributed by atoms with E-state index < -0.39 is 30.1 Å². The quantitative estimate of drug-likeness (QED) is 0.164. The molecule has 0 radical (unpaired) electrons. The van der Waals surface area contributed by atoms with Crippen molar-refractivity contribution in [2.24, 2.45) is 0 Å². The molecule has 0 aromatic heterocycles. The summed E-state index contributed by atoms with van der Waals surface area (Å²) in [5.74, 6) is -0.630. The summed E-state index contributed by atoms with van der Waals surface area (Å²) in [6.07, 6.45) is 5.20. The molecule has 1 aromatic rings. The van der Waals surface area contributed by atoms with Crippen LogP contribution in [0.15, 0.2) is 36.4 Å². The largest absolute Gasteiger partial charge is 0.493 e. The highest BCUT2D eigenvalue weighted by Gasteiger charge is 2.51. The summed E-state index contributed by atoms with van der Waals surface area (Å²) in [7, 11) is 1.45. The maximum absolute atomic E-state index is 13.4. The maximum atomic E-state index is 13.4. The van der Waals surface area contributed by atoms with Crippen molar-refractivity contribution >= 4 is 18.1 Å². The summed E-state index contributed by atoms with van der Waals surface area (Å²) in [5, 5.41) is 23.6. The SMILES string of the molecule is C=CCCCCC(=O)N(CCCOCC)[C@@H]1C=C(C(=O)NCCO)[C@@H]2c3cc(C=O)cc(OC)c3O[C@@H]2[C@H]1O. The first-order valence-corrected chi connectivity index (χ1v) is 13.5. The second kappa shape index (κ2) is 14.8. The van der Waals surface area contributed by atoms with Gasteiger partial charge in [-0.05, 0) is 50.8 Å². The van der Waals surface area contributed by atoms with E-state index in [4.69, 9.17) is 14.2 Å². The average molecular weight is 545 g/mol. The number of nitrogens with zero attached hydrogens (tertiary/aromatic N) is 1. The minimum absolute atomic E-state index is 0.0342. The molecule has 0 saturated carbocycles. The molecule has 1 aromatic carbocycles. The Balaban J connectivity index is 2.02. The van der Waals surface area contributed by atoms with Crippen LogP contribution < -0.4 is 14.8 Å². The number of aldehydes is 1. The fraction of sp³-hybridized carbons (Fsp3) is 0.552. The van der Waals surface area contributed by atoms with Crippen LogP contribution in [0.3, 0.4) is 0 Å². The van der Waals surface area contributed by atoms with Gasteiger partial charge in [-0.25, -0.2) is 0 Å². The smallest absolute Gasteiger partial charge is 0.247 e. The normalized spacial score (nSPS) is 21.2. The van der Waals surface area contributed by atoms with Gasteiger partial charge in [-0.3, -0.25) is 14.4 Å². The van der Waals surface area contributed by atoms with Crippen LogP contribution in [-0.2, 0) is 14.3 Å². The van der Waals surface area contributed by atoms with E-state index in [9.17, 15) is 24.6 Å². The number of nitrogens with one attached hydrogen (secondary N) is 1. The van der Waals surface area contributed by atoms with Crippen LogP contribution in [0.2, 0.25) is 0 Å². The van der Waals surface area contributed by atoms with E-state index in [0.29, 0.717) is 67.1 Å². The van der Waals surface area contributed by atoms with Gasteiger partial charge in [0.1, 0.15) is 18.5 Å². The van der Waals surface area contributed by atoms with Crippen molar-refractivity contribution in [3.05, 3.63) is 47.6 Å². The molecule has 1 aliphatic carbocycles. The van der Waals surface area contributed by atoms with Gasteiger partial charge in [0, 0.05) is 49.4 Å². The number of hydrogen-bond donors (Lipinski definition) is 3. The number of aliphatic hydroxyl groups is 2. The summed E-state index contributed by atoms with van der Waals surface area (Å²) in [6, 6.07) is 2.33. The number of carbonyl (C=O) groups excluding carboxylic acids is 3. The van der Waals surface area contributed by atoms with Crippen LogP contribution in [0.5, 0.6) is 11.5 Å². The Bertz CT molecular complexity index is 1060. The molecule has 0 fully saturated rings. The molecule has 3 rings (SSSR count). The van der Waals surface area contributed by atoms with E-state index in [1.807, 2.05) is 13.0 Å². The Morgan fingerprint density at radius 1 is 1.26 bits per heavy atom. The number of methoxy groups -OCH3 is 1. The molecule has 0 bridgehead atoms. The number of hydrogen-bond acceptors (Lipinski definition) is 8. The fourth-order valence-electron chi connectivity index (χ4n) is 5.19. The van der Waals surface area contributed by atoms with E-state index in [1.165, 1.54) is 13.2 Å². The molecule has 214 valence electrons. The molecule has 4 atom stereocenters. The average Bonchev–Trinajstić information content (AvgIpc) is 3.34. The number of aliphatic hydroxyl groups excluding tert-OH is 2. The maximum Gasteiger partial charge on any atom is 0.247 e. The summed E-state index contributed by atoms with van der Waals surface area (Å²) < 4.78 is 17.1. The molecule has 0 spiro atoms. The Labute approximate surface area is 229 Å². The zero-order valence-electron chi connectivity index (χ0n) is 22.8. The second-order valence-electron chi connectivity index (χ2n) is 9.57. The molecule has 2 amide bonds. The van der Waals surface area contributed by atoms with Crippen LogP contribution in [0, 0.1) is 0 Å². The molecular weight excluding hydrogens is 504 g/mol. The molecule has 39 heavy (non-hydrogen) atoms. The highest BCUT2D eigenvalue weighted by atomic mass is 16.5. The zero-order valence-corrected chi connectivity index (χ0v) is 22.8. The predicted molar refractivity (Wildman–Crippen MR) is 145 cm³/mol. The number of fused-ring (bicyclic) bond motifs is 3. The number of rotatable bonds is 16. The van der Waals surface area contributed by atoms with Crippen molar-refractivity contribution < 1.29 is 38.8 Å². The van der Waals surface area contributed by atoms with Gasteiger partial charge < -0.3 is 34.6 Å². The van der Waals surface area contributed by atoms with Gasteiger partial charge in [0.05, 0.1) is 25.7 Å². The second-order valence-corrected chi connectivity index (χ2v) is 9.57. The van der Waals surface area contributed by atoms with Crippen molar-refractivity contribution in [1.82, 2.24) is 10.2 Å². The lowest BCUT2D eigenvalue weighted by atomic mass is 9.77. The lowest BCUT2D eigenvalue weighted by Crippen LogP contribution is -2.56. The molecule has 10 heteroatoms. The van der Waals surface area contributed by atoms with Gasteiger partial charge in [0.15, 0.2) is 11.5 Å². The Morgan fingerprint density at radius 2 is 2.05 bits per heavy atom. The van der Waals surface area contributed by atoms with Gasteiger partial charge in [-0.2, -0.15) is 0 Å². The Hall–Kier alpha value is -3.21. The standard InChI is InChI=1S/C29H40N2O8/c1-4-6-7-8-10-24(34)31(12-9-14-38-5-2)22-17-21(29(36)30-11-13-32)25-20-15-19(18-33)16-23(37-3)27(20)39-28(25)26(22)35/h4,15-18,22,25-26,28,32,35H,1,5-14H2,2-3H3,(H,30,36)/t22-,25+,26+,28+/m1/s1. The summed E-state index contributed by atoms with van der Waals surface area (Å²) in [4.78, 5) is 40.0. The number of unbranched alkanes of at least 4 members (excludes halogenated alkanes) is 2. The highest BCUT2D eigenvalue weighted by Crippen LogP contribution is 2.51.